The number of nitrogens with one attached hydrogen (secondary N) is 1. The highest BCUT2D eigenvalue weighted by Crippen LogP contribution is 2.34. The van der Waals surface area contributed by atoms with Crippen molar-refractivity contribution in [1.82, 2.24) is 5.32 Å². The predicted octanol–water partition coefficient (Wildman–Crippen LogP) is 3.07. The van der Waals surface area contributed by atoms with E-state index in [2.05, 4.69) is 12.2 Å². The molecule has 0 amide bonds. The molecule has 3 heteroatoms. The maximum Gasteiger partial charge on any atom is 0.162 e. The minimum atomic E-state index is 0.269. The highest BCUT2D eigenvalue weighted by molar-refractivity contribution is 5.45. The third kappa shape index (κ3) is 3.64. The highest BCUT2D eigenvalue weighted by Gasteiger charge is 2.23. The summed E-state index contributed by atoms with van der Waals surface area (Å²) in [5.74, 6) is 1.77. The number of hydrogen-bond donors (Lipinski definition) is 2. The van der Waals surface area contributed by atoms with Crippen molar-refractivity contribution in [2.45, 2.75) is 45.7 Å². The summed E-state index contributed by atoms with van der Waals surface area (Å²) in [4.78, 5) is 0. The first-order valence-electron chi connectivity index (χ1n) is 6.87. The van der Waals surface area contributed by atoms with E-state index in [0.717, 1.165) is 11.5 Å². The van der Waals surface area contributed by atoms with Gasteiger partial charge in [-0.15, -0.1) is 0 Å². The van der Waals surface area contributed by atoms with Gasteiger partial charge >= 0.3 is 0 Å². The molecule has 1 aromatic carbocycles. The van der Waals surface area contributed by atoms with Gasteiger partial charge in [0.2, 0.25) is 0 Å². The van der Waals surface area contributed by atoms with E-state index in [1.165, 1.54) is 19.3 Å². The van der Waals surface area contributed by atoms with E-state index in [4.69, 9.17) is 4.74 Å². The summed E-state index contributed by atoms with van der Waals surface area (Å²) in [5, 5.41) is 13.5. The van der Waals surface area contributed by atoms with Crippen molar-refractivity contribution in [3.05, 3.63) is 23.8 Å². The summed E-state index contributed by atoms with van der Waals surface area (Å²) >= 11 is 0. The van der Waals surface area contributed by atoms with Gasteiger partial charge in [-0.3, -0.25) is 0 Å². The summed E-state index contributed by atoms with van der Waals surface area (Å²) in [6.45, 7) is 5.40. The number of phenols is 1. The number of benzene rings is 1. The average Bonchev–Trinajstić information content (AvgIpc) is 3.14. The Morgan fingerprint density at radius 1 is 1.44 bits per heavy atom. The van der Waals surface area contributed by atoms with E-state index in [1.807, 2.05) is 19.1 Å². The van der Waals surface area contributed by atoms with Crippen LogP contribution in [0.2, 0.25) is 0 Å². The topological polar surface area (TPSA) is 41.5 Å². The molecule has 18 heavy (non-hydrogen) atoms. The Balaban J connectivity index is 1.89. The monoisotopic (exact) mass is 249 g/mol. The molecule has 1 aliphatic carbocycles. The zero-order valence-corrected chi connectivity index (χ0v) is 11.3. The van der Waals surface area contributed by atoms with E-state index in [0.29, 0.717) is 24.9 Å². The van der Waals surface area contributed by atoms with Gasteiger partial charge in [0.05, 0.1) is 6.61 Å². The van der Waals surface area contributed by atoms with E-state index >= 15 is 0 Å². The SMILES string of the molecule is CCOc1cccc(CNC(C)CC2CC2)c1O. The average molecular weight is 249 g/mol. The maximum absolute atomic E-state index is 10.1. The van der Waals surface area contributed by atoms with Crippen molar-refractivity contribution < 1.29 is 9.84 Å². The summed E-state index contributed by atoms with van der Waals surface area (Å²) in [6.07, 6.45) is 4.01. The first-order chi connectivity index (χ1) is 8.70. The largest absolute Gasteiger partial charge is 0.504 e. The molecule has 1 atom stereocenters. The van der Waals surface area contributed by atoms with Gasteiger partial charge in [0.25, 0.3) is 0 Å². The number of hydrogen-bond acceptors (Lipinski definition) is 3. The number of ether oxygens (including phenoxy) is 1. The molecule has 0 heterocycles. The van der Waals surface area contributed by atoms with Crippen molar-refractivity contribution in [2.75, 3.05) is 6.61 Å². The molecule has 1 aromatic rings. The molecule has 0 radical (unpaired) electrons. The normalized spacial score (nSPS) is 16.6. The molecule has 0 aromatic heterocycles. The second-order valence-corrected chi connectivity index (χ2v) is 5.16. The predicted molar refractivity (Wildman–Crippen MR) is 72.9 cm³/mol. The molecule has 3 nitrogen and oxygen atoms in total. The highest BCUT2D eigenvalue weighted by atomic mass is 16.5. The van der Waals surface area contributed by atoms with Gasteiger partial charge < -0.3 is 15.2 Å². The summed E-state index contributed by atoms with van der Waals surface area (Å²) in [7, 11) is 0. The Kier molecular flexibility index (Phi) is 4.48. The molecule has 1 saturated carbocycles. The molecule has 0 bridgehead atoms. The Bertz CT molecular complexity index is 388. The second-order valence-electron chi connectivity index (χ2n) is 5.16. The maximum atomic E-state index is 10.1. The zero-order chi connectivity index (χ0) is 13.0. The fraction of sp³-hybridized carbons (Fsp3) is 0.600. The standard InChI is InChI=1S/C15H23NO2/c1-3-18-14-6-4-5-13(15(14)17)10-16-11(2)9-12-7-8-12/h4-6,11-12,16-17H,3,7-10H2,1-2H3. The molecule has 1 unspecified atom stereocenters. The second kappa shape index (κ2) is 6.10. The summed E-state index contributed by atoms with van der Waals surface area (Å²) in [5.41, 5.74) is 0.906. The lowest BCUT2D eigenvalue weighted by atomic mass is 10.1. The molecule has 100 valence electrons. The van der Waals surface area contributed by atoms with Gasteiger partial charge in [-0.05, 0) is 32.3 Å². The third-order valence-electron chi connectivity index (χ3n) is 3.41. The smallest absolute Gasteiger partial charge is 0.162 e. The Morgan fingerprint density at radius 2 is 2.22 bits per heavy atom. The van der Waals surface area contributed by atoms with Gasteiger partial charge in [-0.25, -0.2) is 0 Å². The first kappa shape index (κ1) is 13.2. The Hall–Kier alpha value is -1.22. The molecule has 1 aliphatic rings. The van der Waals surface area contributed by atoms with Gasteiger partial charge in [-0.1, -0.05) is 25.0 Å². The van der Waals surface area contributed by atoms with E-state index in [9.17, 15) is 5.11 Å². The van der Waals surface area contributed by atoms with Crippen LogP contribution in [0, 0.1) is 5.92 Å². The Morgan fingerprint density at radius 3 is 2.89 bits per heavy atom. The van der Waals surface area contributed by atoms with Crippen molar-refractivity contribution >= 4 is 0 Å². The summed E-state index contributed by atoms with van der Waals surface area (Å²) < 4.78 is 5.38. The first-order valence-corrected chi connectivity index (χ1v) is 6.87. The van der Waals surface area contributed by atoms with Gasteiger partial charge in [0, 0.05) is 18.2 Å². The van der Waals surface area contributed by atoms with Crippen LogP contribution < -0.4 is 10.1 Å². The lowest BCUT2D eigenvalue weighted by Gasteiger charge is -2.15. The van der Waals surface area contributed by atoms with E-state index < -0.39 is 0 Å². The van der Waals surface area contributed by atoms with Crippen LogP contribution in [0.4, 0.5) is 0 Å². The number of para-hydroxylation sites is 1. The van der Waals surface area contributed by atoms with Crippen LogP contribution >= 0.6 is 0 Å². The van der Waals surface area contributed by atoms with Gasteiger partial charge in [0.15, 0.2) is 11.5 Å². The molecule has 1 fully saturated rings. The van der Waals surface area contributed by atoms with Crippen LogP contribution in [0.5, 0.6) is 11.5 Å². The summed E-state index contributed by atoms with van der Waals surface area (Å²) in [6, 6.07) is 6.17. The number of phenolic OH excluding ortho intramolecular Hbond substituents is 1. The minimum absolute atomic E-state index is 0.269. The lowest BCUT2D eigenvalue weighted by Crippen LogP contribution is -2.25. The lowest BCUT2D eigenvalue weighted by molar-refractivity contribution is 0.316. The van der Waals surface area contributed by atoms with Crippen molar-refractivity contribution in [3.8, 4) is 11.5 Å². The molecular formula is C15H23NO2. The Labute approximate surface area is 109 Å². The van der Waals surface area contributed by atoms with Gasteiger partial charge in [0.1, 0.15) is 0 Å². The van der Waals surface area contributed by atoms with Gasteiger partial charge in [-0.2, -0.15) is 0 Å². The molecule has 2 N–H and O–H groups in total. The van der Waals surface area contributed by atoms with Crippen LogP contribution in [-0.2, 0) is 6.54 Å². The van der Waals surface area contributed by atoms with Crippen LogP contribution in [-0.4, -0.2) is 17.8 Å². The molecule has 0 saturated heterocycles. The third-order valence-corrected chi connectivity index (χ3v) is 3.41. The molecule has 0 spiro atoms. The van der Waals surface area contributed by atoms with Crippen molar-refractivity contribution in [1.29, 1.82) is 0 Å². The quantitative estimate of drug-likeness (QED) is 0.780. The van der Waals surface area contributed by atoms with Crippen LogP contribution in [0.15, 0.2) is 18.2 Å². The number of aromatic hydroxyl groups is 1. The molecule has 2 rings (SSSR count). The zero-order valence-electron chi connectivity index (χ0n) is 11.3. The molecule has 0 aliphatic heterocycles. The van der Waals surface area contributed by atoms with E-state index in [-0.39, 0.29) is 5.75 Å². The fourth-order valence-corrected chi connectivity index (χ4v) is 2.20. The molecular weight excluding hydrogens is 226 g/mol. The fourth-order valence-electron chi connectivity index (χ4n) is 2.20. The van der Waals surface area contributed by atoms with Crippen molar-refractivity contribution in [3.63, 3.8) is 0 Å². The van der Waals surface area contributed by atoms with Crippen LogP contribution in [0.1, 0.15) is 38.7 Å². The minimum Gasteiger partial charge on any atom is -0.504 e. The van der Waals surface area contributed by atoms with Crippen LogP contribution in [0.3, 0.4) is 0 Å². The van der Waals surface area contributed by atoms with Crippen molar-refractivity contribution in [2.24, 2.45) is 5.92 Å². The number of rotatable bonds is 7. The van der Waals surface area contributed by atoms with Crippen LogP contribution in [0.25, 0.3) is 0 Å². The van der Waals surface area contributed by atoms with E-state index in [1.54, 1.807) is 6.07 Å².